The van der Waals surface area contributed by atoms with E-state index in [-0.39, 0.29) is 12.8 Å². The molecule has 0 aromatic heterocycles. The number of hydrogen-bond donors (Lipinski definition) is 3. The fraction of sp³-hybridized carbons (Fsp3) is 0.625. The van der Waals surface area contributed by atoms with Gasteiger partial charge < -0.3 is 16.6 Å². The van der Waals surface area contributed by atoms with E-state index in [0.29, 0.717) is 6.42 Å². The van der Waals surface area contributed by atoms with E-state index >= 15 is 0 Å². The summed E-state index contributed by atoms with van der Waals surface area (Å²) < 4.78 is 0. The van der Waals surface area contributed by atoms with Crippen LogP contribution in [0, 0.1) is 0 Å². The minimum Gasteiger partial charge on any atom is -0.481 e. The summed E-state index contributed by atoms with van der Waals surface area (Å²) in [7, 11) is 0. The van der Waals surface area contributed by atoms with Crippen LogP contribution in [0.3, 0.4) is 0 Å². The number of primary amides is 2. The first-order valence-electron chi connectivity index (χ1n) is 4.18. The fourth-order valence-electron chi connectivity index (χ4n) is 0.460. The Morgan fingerprint density at radius 1 is 1.00 bits per heavy atom. The van der Waals surface area contributed by atoms with Gasteiger partial charge in [-0.1, -0.05) is 6.92 Å². The van der Waals surface area contributed by atoms with Crippen LogP contribution in [0.2, 0.25) is 0 Å². The van der Waals surface area contributed by atoms with Crippen LogP contribution >= 0.6 is 0 Å². The van der Waals surface area contributed by atoms with Gasteiger partial charge in [-0.25, -0.2) is 0 Å². The van der Waals surface area contributed by atoms with E-state index in [0.717, 1.165) is 6.42 Å². The normalized spacial score (nSPS) is 8.36. The molecule has 0 atom stereocenters. The predicted molar refractivity (Wildman–Crippen MR) is 50.2 cm³/mol. The first-order chi connectivity index (χ1) is 6.40. The van der Waals surface area contributed by atoms with E-state index in [4.69, 9.17) is 16.6 Å². The van der Waals surface area contributed by atoms with Crippen molar-refractivity contribution in [2.75, 3.05) is 0 Å². The summed E-state index contributed by atoms with van der Waals surface area (Å²) in [6, 6.07) is 0. The standard InChI is InChI=1S/C4H8N2O2.C4H8O2/c5-3(7)1-2-4(6)8;1-2-3-4(5)6/h1-2H2,(H2,5,7)(H2,6,8);2-3H2,1H3,(H,5,6). The van der Waals surface area contributed by atoms with Crippen LogP contribution in [0.25, 0.3) is 0 Å². The van der Waals surface area contributed by atoms with Gasteiger partial charge in [0.25, 0.3) is 0 Å². The van der Waals surface area contributed by atoms with Gasteiger partial charge in [0.15, 0.2) is 0 Å². The number of carbonyl (C=O) groups is 3. The van der Waals surface area contributed by atoms with Crippen LogP contribution < -0.4 is 11.5 Å². The fourth-order valence-corrected chi connectivity index (χ4v) is 0.460. The van der Waals surface area contributed by atoms with Crippen molar-refractivity contribution in [2.24, 2.45) is 11.5 Å². The zero-order valence-electron chi connectivity index (χ0n) is 8.16. The van der Waals surface area contributed by atoms with Gasteiger partial charge in [0.2, 0.25) is 11.8 Å². The minimum atomic E-state index is -0.711. The van der Waals surface area contributed by atoms with Crippen molar-refractivity contribution in [3.63, 3.8) is 0 Å². The molecule has 0 aromatic rings. The molecular weight excluding hydrogens is 188 g/mol. The zero-order valence-corrected chi connectivity index (χ0v) is 8.16. The van der Waals surface area contributed by atoms with Crippen LogP contribution in [-0.4, -0.2) is 22.9 Å². The van der Waals surface area contributed by atoms with E-state index in [1.54, 1.807) is 0 Å². The minimum absolute atomic E-state index is 0.0509. The van der Waals surface area contributed by atoms with Crippen molar-refractivity contribution in [1.29, 1.82) is 0 Å². The molecule has 0 bridgehead atoms. The van der Waals surface area contributed by atoms with E-state index in [9.17, 15) is 14.4 Å². The molecule has 82 valence electrons. The average molecular weight is 204 g/mol. The second kappa shape index (κ2) is 9.50. The maximum Gasteiger partial charge on any atom is 0.303 e. The topological polar surface area (TPSA) is 123 Å². The number of aliphatic carboxylic acids is 1. The van der Waals surface area contributed by atoms with Gasteiger partial charge in [-0.3, -0.25) is 14.4 Å². The Kier molecular flexibility index (Phi) is 10.1. The predicted octanol–water partition coefficient (Wildman–Crippen LogP) is -0.392. The molecule has 0 unspecified atom stereocenters. The van der Waals surface area contributed by atoms with Crippen molar-refractivity contribution in [3.05, 3.63) is 0 Å². The van der Waals surface area contributed by atoms with Gasteiger partial charge in [-0.15, -0.1) is 0 Å². The van der Waals surface area contributed by atoms with Crippen molar-refractivity contribution in [1.82, 2.24) is 0 Å². The summed E-state index contributed by atoms with van der Waals surface area (Å²) in [4.78, 5) is 29.4. The Bertz CT molecular complexity index is 190. The second-order valence-corrected chi connectivity index (χ2v) is 2.58. The number of carboxylic acid groups (broad SMARTS) is 1. The van der Waals surface area contributed by atoms with Crippen molar-refractivity contribution >= 4 is 17.8 Å². The lowest BCUT2D eigenvalue weighted by atomic mass is 10.3. The molecule has 0 aliphatic carbocycles. The average Bonchev–Trinajstić information content (AvgIpc) is 2.01. The maximum atomic E-state index is 9.92. The van der Waals surface area contributed by atoms with Crippen LogP contribution in [0.15, 0.2) is 0 Å². The van der Waals surface area contributed by atoms with Crippen LogP contribution in [0.4, 0.5) is 0 Å². The number of carboxylic acids is 1. The van der Waals surface area contributed by atoms with Crippen molar-refractivity contribution in [3.8, 4) is 0 Å². The highest BCUT2D eigenvalue weighted by atomic mass is 16.4. The summed E-state index contributed by atoms with van der Waals surface area (Å²) in [5, 5.41) is 7.91. The molecule has 0 aliphatic heterocycles. The molecule has 5 N–H and O–H groups in total. The van der Waals surface area contributed by atoms with Crippen LogP contribution in [0.1, 0.15) is 32.6 Å². The molecule has 6 nitrogen and oxygen atoms in total. The van der Waals surface area contributed by atoms with Gasteiger partial charge in [0, 0.05) is 19.3 Å². The monoisotopic (exact) mass is 204 g/mol. The Hall–Kier alpha value is -1.59. The van der Waals surface area contributed by atoms with Gasteiger partial charge in [-0.2, -0.15) is 0 Å². The molecule has 0 saturated heterocycles. The van der Waals surface area contributed by atoms with E-state index < -0.39 is 17.8 Å². The molecule has 0 heterocycles. The summed E-state index contributed by atoms with van der Waals surface area (Å²) in [6.45, 7) is 1.84. The Balaban J connectivity index is 0. The SMILES string of the molecule is CCCC(=O)O.NC(=O)CCC(N)=O. The third-order valence-corrected chi connectivity index (χ3v) is 1.08. The molecule has 0 fully saturated rings. The number of carbonyl (C=O) groups excluding carboxylic acids is 2. The number of hydrogen-bond acceptors (Lipinski definition) is 3. The molecule has 2 amide bonds. The maximum absolute atomic E-state index is 9.92. The molecule has 0 saturated carbocycles. The van der Waals surface area contributed by atoms with E-state index in [1.165, 1.54) is 0 Å². The van der Waals surface area contributed by atoms with Crippen molar-refractivity contribution in [2.45, 2.75) is 32.6 Å². The highest BCUT2D eigenvalue weighted by Crippen LogP contribution is 1.82. The molecule has 0 aliphatic rings. The first-order valence-corrected chi connectivity index (χ1v) is 4.18. The molecule has 0 radical (unpaired) electrons. The second-order valence-electron chi connectivity index (χ2n) is 2.58. The third kappa shape index (κ3) is 22.4. The van der Waals surface area contributed by atoms with Crippen LogP contribution in [-0.2, 0) is 14.4 Å². The first kappa shape index (κ1) is 14.9. The highest BCUT2D eigenvalue weighted by molar-refractivity contribution is 5.81. The molecule has 14 heavy (non-hydrogen) atoms. The lowest BCUT2D eigenvalue weighted by Crippen LogP contribution is -2.16. The van der Waals surface area contributed by atoms with Gasteiger partial charge in [0.05, 0.1) is 0 Å². The van der Waals surface area contributed by atoms with E-state index in [1.807, 2.05) is 6.92 Å². The van der Waals surface area contributed by atoms with E-state index in [2.05, 4.69) is 0 Å². The Labute approximate surface area is 82.3 Å². The number of nitrogens with two attached hydrogens (primary N) is 2. The number of amides is 2. The quantitative estimate of drug-likeness (QED) is 0.564. The lowest BCUT2D eigenvalue weighted by Gasteiger charge is -1.87. The van der Waals surface area contributed by atoms with Gasteiger partial charge in [0.1, 0.15) is 0 Å². The summed E-state index contributed by atoms with van der Waals surface area (Å²) in [5.41, 5.74) is 9.39. The number of rotatable bonds is 5. The molecule has 0 aromatic carbocycles. The van der Waals surface area contributed by atoms with Gasteiger partial charge >= 0.3 is 5.97 Å². The Morgan fingerprint density at radius 3 is 1.43 bits per heavy atom. The lowest BCUT2D eigenvalue weighted by molar-refractivity contribution is -0.137. The van der Waals surface area contributed by atoms with Crippen molar-refractivity contribution < 1.29 is 19.5 Å². The summed E-state index contributed by atoms with van der Waals surface area (Å²) in [5.74, 6) is -1.70. The molecular formula is C8H16N2O4. The third-order valence-electron chi connectivity index (χ3n) is 1.08. The molecule has 6 heteroatoms. The van der Waals surface area contributed by atoms with Crippen LogP contribution in [0.5, 0.6) is 0 Å². The van der Waals surface area contributed by atoms with Gasteiger partial charge in [-0.05, 0) is 6.42 Å². The summed E-state index contributed by atoms with van der Waals surface area (Å²) >= 11 is 0. The molecule has 0 spiro atoms. The Morgan fingerprint density at radius 2 is 1.36 bits per heavy atom. The largest absolute Gasteiger partial charge is 0.481 e. The highest BCUT2D eigenvalue weighted by Gasteiger charge is 1.96. The zero-order chi connectivity index (χ0) is 11.6. The summed E-state index contributed by atoms with van der Waals surface area (Å²) in [6.07, 6.45) is 1.12. The smallest absolute Gasteiger partial charge is 0.303 e. The molecule has 0 rings (SSSR count).